The van der Waals surface area contributed by atoms with Crippen LogP contribution in [0.4, 0.5) is 26.3 Å². The number of rotatable bonds is 6. The van der Waals surface area contributed by atoms with Gasteiger partial charge in [-0.1, -0.05) is 0 Å². The predicted molar refractivity (Wildman–Crippen MR) is 103 cm³/mol. The molecule has 0 bridgehead atoms. The highest BCUT2D eigenvalue weighted by Gasteiger charge is 2.32. The molecule has 0 saturated carbocycles. The number of hydrogen-bond acceptors (Lipinski definition) is 6. The highest BCUT2D eigenvalue weighted by Crippen LogP contribution is 2.30. The Hall–Kier alpha value is -3.72. The van der Waals surface area contributed by atoms with Crippen molar-refractivity contribution in [1.82, 2.24) is 20.2 Å². The van der Waals surface area contributed by atoms with Crippen LogP contribution >= 0.6 is 0 Å². The fourth-order valence-corrected chi connectivity index (χ4v) is 3.20. The second-order valence-corrected chi connectivity index (χ2v) is 8.13. The molecule has 3 rings (SSSR count). The Bertz CT molecular complexity index is 1260. The average Bonchev–Trinajstić information content (AvgIpc) is 2.77. The van der Waals surface area contributed by atoms with Gasteiger partial charge in [-0.2, -0.15) is 26.3 Å². The number of hydrogen-bond donors (Lipinski definition) is 2. The molecule has 2 heterocycles. The largest absolute Gasteiger partial charge is 0.439 e. The molecule has 0 spiro atoms. The molecule has 34 heavy (non-hydrogen) atoms. The molecule has 1 aromatic carbocycles. The van der Waals surface area contributed by atoms with E-state index in [2.05, 4.69) is 9.97 Å². The SMILES string of the molecule is O=C(NNS(=O)(=O)c1ccc(Oc2ccc(C(F)(F)F)cn2)cc1)c1ccc(C(F)(F)F)nc1. The highest BCUT2D eigenvalue weighted by atomic mass is 32.2. The van der Waals surface area contributed by atoms with Gasteiger partial charge in [-0.3, -0.25) is 15.2 Å². The van der Waals surface area contributed by atoms with Crippen LogP contribution in [0.3, 0.4) is 0 Å². The molecule has 3 aromatic rings. The lowest BCUT2D eigenvalue weighted by atomic mass is 10.2. The van der Waals surface area contributed by atoms with Crippen LogP contribution in [0.2, 0.25) is 0 Å². The number of aromatic nitrogens is 2. The smallest absolute Gasteiger partial charge is 0.433 e. The van der Waals surface area contributed by atoms with Gasteiger partial charge in [0.25, 0.3) is 15.9 Å². The Labute approximate surface area is 187 Å². The first-order valence-electron chi connectivity index (χ1n) is 8.92. The van der Waals surface area contributed by atoms with Gasteiger partial charge in [-0.25, -0.2) is 13.4 Å². The summed E-state index contributed by atoms with van der Waals surface area (Å²) in [6.45, 7) is 0. The number of amides is 1. The number of alkyl halides is 6. The zero-order valence-corrected chi connectivity index (χ0v) is 17.3. The monoisotopic (exact) mass is 506 g/mol. The van der Waals surface area contributed by atoms with Crippen molar-refractivity contribution in [3.05, 3.63) is 77.7 Å². The van der Waals surface area contributed by atoms with Crippen molar-refractivity contribution in [1.29, 1.82) is 0 Å². The molecular formula is C19H12F6N4O4S. The van der Waals surface area contributed by atoms with Crippen LogP contribution in [0.1, 0.15) is 21.6 Å². The minimum absolute atomic E-state index is 0.0612. The minimum Gasteiger partial charge on any atom is -0.439 e. The number of ether oxygens (including phenoxy) is 1. The Balaban J connectivity index is 1.61. The van der Waals surface area contributed by atoms with Gasteiger partial charge in [0.15, 0.2) is 0 Å². The number of benzene rings is 1. The summed E-state index contributed by atoms with van der Waals surface area (Å²) in [4.78, 5) is 20.0. The van der Waals surface area contributed by atoms with Crippen molar-refractivity contribution < 1.29 is 44.3 Å². The lowest BCUT2D eigenvalue weighted by molar-refractivity contribution is -0.141. The molecule has 0 radical (unpaired) electrons. The molecule has 0 saturated heterocycles. The number of nitrogens with one attached hydrogen (secondary N) is 2. The van der Waals surface area contributed by atoms with E-state index in [-0.39, 0.29) is 22.1 Å². The standard InChI is InChI=1S/C19H12F6N4O4S/c20-18(21,22)12-2-8-16(27-10-12)33-13-3-5-14(6-4-13)34(31,32)29-28-17(30)11-1-7-15(26-9-11)19(23,24)25/h1-10,29H,(H,28,30). The van der Waals surface area contributed by atoms with E-state index in [4.69, 9.17) is 4.74 Å². The molecule has 2 aromatic heterocycles. The van der Waals surface area contributed by atoms with Crippen molar-refractivity contribution in [2.24, 2.45) is 0 Å². The van der Waals surface area contributed by atoms with Crippen LogP contribution in [-0.4, -0.2) is 24.3 Å². The van der Waals surface area contributed by atoms with E-state index >= 15 is 0 Å². The fourth-order valence-electron chi connectivity index (χ4n) is 2.36. The Morgan fingerprint density at radius 3 is 2.00 bits per heavy atom. The van der Waals surface area contributed by atoms with Crippen LogP contribution in [0.5, 0.6) is 11.6 Å². The Morgan fingerprint density at radius 1 is 0.824 bits per heavy atom. The molecular weight excluding hydrogens is 494 g/mol. The zero-order chi connectivity index (χ0) is 25.1. The maximum atomic E-state index is 12.6. The van der Waals surface area contributed by atoms with Crippen LogP contribution in [-0.2, 0) is 22.4 Å². The van der Waals surface area contributed by atoms with E-state index in [1.165, 1.54) is 12.1 Å². The molecule has 0 aliphatic rings. The van der Waals surface area contributed by atoms with Gasteiger partial charge >= 0.3 is 12.4 Å². The third-order valence-electron chi connectivity index (χ3n) is 4.04. The van der Waals surface area contributed by atoms with Crippen molar-refractivity contribution in [3.8, 4) is 11.6 Å². The molecule has 8 nitrogen and oxygen atoms in total. The van der Waals surface area contributed by atoms with E-state index in [1.54, 1.807) is 4.83 Å². The van der Waals surface area contributed by atoms with Gasteiger partial charge in [0.05, 0.1) is 16.0 Å². The van der Waals surface area contributed by atoms with Crippen molar-refractivity contribution in [3.63, 3.8) is 0 Å². The van der Waals surface area contributed by atoms with Crippen LogP contribution in [0.25, 0.3) is 0 Å². The zero-order valence-electron chi connectivity index (χ0n) is 16.5. The molecule has 0 unspecified atom stereocenters. The second kappa shape index (κ2) is 9.26. The van der Waals surface area contributed by atoms with Crippen molar-refractivity contribution in [2.45, 2.75) is 17.2 Å². The van der Waals surface area contributed by atoms with Gasteiger partial charge in [-0.15, -0.1) is 4.83 Å². The van der Waals surface area contributed by atoms with E-state index < -0.39 is 39.5 Å². The minimum atomic E-state index is -4.70. The van der Waals surface area contributed by atoms with Gasteiger partial charge < -0.3 is 4.74 Å². The molecule has 0 fully saturated rings. The number of carbonyl (C=O) groups is 1. The maximum absolute atomic E-state index is 12.6. The normalized spacial score (nSPS) is 12.3. The second-order valence-electron chi connectivity index (χ2n) is 6.45. The van der Waals surface area contributed by atoms with Crippen LogP contribution in [0, 0.1) is 0 Å². The molecule has 0 aliphatic carbocycles. The number of hydrazine groups is 1. The summed E-state index contributed by atoms with van der Waals surface area (Å²) in [5, 5.41) is 0. The molecule has 1 amide bonds. The number of pyridine rings is 2. The Kier molecular flexibility index (Phi) is 6.79. The maximum Gasteiger partial charge on any atom is 0.433 e. The topological polar surface area (TPSA) is 110 Å². The third kappa shape index (κ3) is 6.20. The number of halogens is 6. The molecule has 180 valence electrons. The average molecular weight is 506 g/mol. The van der Waals surface area contributed by atoms with Gasteiger partial charge in [-0.05, 0) is 42.5 Å². The summed E-state index contributed by atoms with van der Waals surface area (Å²) in [6, 6.07) is 7.67. The fraction of sp³-hybridized carbons (Fsp3) is 0.105. The van der Waals surface area contributed by atoms with Crippen molar-refractivity contribution in [2.75, 3.05) is 0 Å². The molecule has 0 atom stereocenters. The quantitative estimate of drug-likeness (QED) is 0.387. The van der Waals surface area contributed by atoms with E-state index in [0.717, 1.165) is 30.3 Å². The van der Waals surface area contributed by atoms with E-state index in [9.17, 15) is 39.6 Å². The lowest BCUT2D eigenvalue weighted by Crippen LogP contribution is -2.41. The first-order chi connectivity index (χ1) is 15.8. The summed E-state index contributed by atoms with van der Waals surface area (Å²) in [5.74, 6) is -1.16. The van der Waals surface area contributed by atoms with Crippen LogP contribution in [0.15, 0.2) is 65.8 Å². The van der Waals surface area contributed by atoms with E-state index in [0.29, 0.717) is 18.5 Å². The summed E-state index contributed by atoms with van der Waals surface area (Å²) >= 11 is 0. The third-order valence-corrected chi connectivity index (χ3v) is 5.30. The summed E-state index contributed by atoms with van der Waals surface area (Å²) < 4.78 is 105. The number of sulfonamides is 1. The predicted octanol–water partition coefficient (Wildman–Crippen LogP) is 3.93. The van der Waals surface area contributed by atoms with Crippen LogP contribution < -0.4 is 15.0 Å². The first kappa shape index (κ1) is 24.9. The molecule has 0 aliphatic heterocycles. The summed E-state index contributed by atoms with van der Waals surface area (Å²) in [5.41, 5.74) is -0.688. The highest BCUT2D eigenvalue weighted by molar-refractivity contribution is 7.89. The number of carbonyl (C=O) groups excluding carboxylic acids is 1. The molecule has 15 heteroatoms. The Morgan fingerprint density at radius 2 is 1.50 bits per heavy atom. The van der Waals surface area contributed by atoms with Gasteiger partial charge in [0.2, 0.25) is 5.88 Å². The van der Waals surface area contributed by atoms with Gasteiger partial charge in [0, 0.05) is 18.5 Å². The first-order valence-corrected chi connectivity index (χ1v) is 10.4. The lowest BCUT2D eigenvalue weighted by Gasteiger charge is -2.10. The molecule has 2 N–H and O–H groups in total. The number of nitrogens with zero attached hydrogens (tertiary/aromatic N) is 2. The summed E-state index contributed by atoms with van der Waals surface area (Å²) in [7, 11) is -4.28. The van der Waals surface area contributed by atoms with Gasteiger partial charge in [0.1, 0.15) is 11.4 Å². The summed E-state index contributed by atoms with van der Waals surface area (Å²) in [6.07, 6.45) is -8.05. The van der Waals surface area contributed by atoms with E-state index in [1.807, 2.05) is 5.43 Å². The van der Waals surface area contributed by atoms with Crippen molar-refractivity contribution >= 4 is 15.9 Å².